The molecule has 28 heavy (non-hydrogen) atoms. The lowest BCUT2D eigenvalue weighted by molar-refractivity contribution is -0.145. The van der Waals surface area contributed by atoms with Crippen LogP contribution in [0.5, 0.6) is 0 Å². The predicted molar refractivity (Wildman–Crippen MR) is 100 cm³/mol. The molecule has 0 bridgehead atoms. The fourth-order valence-corrected chi connectivity index (χ4v) is 3.77. The molecule has 8 heteroatoms. The maximum Gasteiger partial charge on any atom is 0.334 e. The van der Waals surface area contributed by atoms with Crippen molar-refractivity contribution in [2.24, 2.45) is 5.92 Å². The number of nitrogens with one attached hydrogen (secondary N) is 1. The Morgan fingerprint density at radius 1 is 1.04 bits per heavy atom. The minimum absolute atomic E-state index is 0.0957. The van der Waals surface area contributed by atoms with Gasteiger partial charge in [0, 0.05) is 17.3 Å². The number of nitrogens with zero attached hydrogens (tertiary/aromatic N) is 2. The highest BCUT2D eigenvalue weighted by atomic mass is 16.2. The van der Waals surface area contributed by atoms with Gasteiger partial charge in [0.1, 0.15) is 6.54 Å². The van der Waals surface area contributed by atoms with E-state index in [1.807, 2.05) is 6.92 Å². The zero-order chi connectivity index (χ0) is 20.4. The van der Waals surface area contributed by atoms with Crippen LogP contribution in [0.2, 0.25) is 0 Å². The zero-order valence-electron chi connectivity index (χ0n) is 15.9. The van der Waals surface area contributed by atoms with E-state index >= 15 is 0 Å². The summed E-state index contributed by atoms with van der Waals surface area (Å²) < 4.78 is 0. The van der Waals surface area contributed by atoms with Crippen LogP contribution in [0.4, 0.5) is 10.5 Å². The monoisotopic (exact) mass is 385 g/mol. The lowest BCUT2D eigenvalue weighted by Crippen LogP contribution is -2.46. The van der Waals surface area contributed by atoms with Gasteiger partial charge in [0.2, 0.25) is 5.91 Å². The number of hydrogen-bond acceptors (Lipinski definition) is 5. The second kappa shape index (κ2) is 7.92. The van der Waals surface area contributed by atoms with Crippen molar-refractivity contribution in [3.63, 3.8) is 0 Å². The van der Waals surface area contributed by atoms with Gasteiger partial charge in [-0.1, -0.05) is 19.8 Å². The topological polar surface area (TPSA) is 104 Å². The fourth-order valence-electron chi connectivity index (χ4n) is 3.77. The first-order valence-corrected chi connectivity index (χ1v) is 9.39. The van der Waals surface area contributed by atoms with E-state index in [-0.39, 0.29) is 17.7 Å². The summed E-state index contributed by atoms with van der Waals surface area (Å²) in [5, 5.41) is 2.57. The molecule has 0 spiro atoms. The number of urea groups is 1. The molecule has 1 saturated heterocycles. The molecule has 8 nitrogen and oxygen atoms in total. The van der Waals surface area contributed by atoms with Gasteiger partial charge in [-0.05, 0) is 49.9 Å². The van der Waals surface area contributed by atoms with Crippen molar-refractivity contribution >= 4 is 35.2 Å². The lowest BCUT2D eigenvalue weighted by atomic mass is 9.85. The van der Waals surface area contributed by atoms with Crippen LogP contribution in [0.1, 0.15) is 49.9 Å². The SMILES string of the molecule is CC(=O)c1ccc(NC(=O)CN2C(=O)C(=O)N([C@H]3CCCC[C@H]3C)C2=O)cc1. The highest BCUT2D eigenvalue weighted by Gasteiger charge is 2.49. The van der Waals surface area contributed by atoms with E-state index in [1.54, 1.807) is 24.3 Å². The second-order valence-electron chi connectivity index (χ2n) is 7.36. The van der Waals surface area contributed by atoms with Gasteiger partial charge in [-0.25, -0.2) is 9.69 Å². The summed E-state index contributed by atoms with van der Waals surface area (Å²) in [6.07, 6.45) is 3.51. The van der Waals surface area contributed by atoms with Gasteiger partial charge in [-0.15, -0.1) is 0 Å². The number of Topliss-reactive ketones (excluding diaryl/α,β-unsaturated/α-hetero) is 1. The van der Waals surface area contributed by atoms with Crippen LogP contribution in [0.15, 0.2) is 24.3 Å². The number of carbonyl (C=O) groups excluding carboxylic acids is 5. The molecule has 3 rings (SSSR count). The average Bonchev–Trinajstić information content (AvgIpc) is 2.86. The van der Waals surface area contributed by atoms with E-state index in [0.717, 1.165) is 24.2 Å². The molecule has 1 aromatic rings. The van der Waals surface area contributed by atoms with E-state index in [9.17, 15) is 24.0 Å². The molecule has 0 radical (unpaired) electrons. The van der Waals surface area contributed by atoms with Crippen molar-refractivity contribution in [3.05, 3.63) is 29.8 Å². The molecule has 1 heterocycles. The summed E-state index contributed by atoms with van der Waals surface area (Å²) in [7, 11) is 0. The molecule has 5 amide bonds. The Morgan fingerprint density at radius 3 is 2.29 bits per heavy atom. The number of ketones is 1. The Kier molecular flexibility index (Phi) is 5.58. The van der Waals surface area contributed by atoms with Gasteiger partial charge in [-0.2, -0.15) is 0 Å². The van der Waals surface area contributed by atoms with Crippen LogP contribution in [0.25, 0.3) is 0 Å². The number of anilines is 1. The number of imide groups is 2. The number of amides is 5. The quantitative estimate of drug-likeness (QED) is 0.475. The molecular weight excluding hydrogens is 362 g/mol. The van der Waals surface area contributed by atoms with Gasteiger partial charge < -0.3 is 5.32 Å². The number of benzene rings is 1. The standard InChI is InChI=1S/C20H23N3O5/c1-12-5-3-4-6-16(12)23-19(27)18(26)22(20(23)28)11-17(25)21-15-9-7-14(8-10-15)13(2)24/h7-10,12,16H,3-6,11H2,1-2H3,(H,21,25)/t12-,16+/m1/s1. The molecule has 1 aliphatic carbocycles. The van der Waals surface area contributed by atoms with E-state index < -0.39 is 30.3 Å². The maximum absolute atomic E-state index is 12.7. The molecule has 2 atom stereocenters. The minimum atomic E-state index is -0.968. The smallest absolute Gasteiger partial charge is 0.325 e. The molecule has 1 aromatic carbocycles. The van der Waals surface area contributed by atoms with E-state index in [1.165, 1.54) is 6.92 Å². The number of hydrogen-bond donors (Lipinski definition) is 1. The molecule has 148 valence electrons. The summed E-state index contributed by atoms with van der Waals surface area (Å²) in [5.74, 6) is -2.39. The van der Waals surface area contributed by atoms with Gasteiger partial charge in [0.25, 0.3) is 0 Å². The predicted octanol–water partition coefficient (Wildman–Crippen LogP) is 2.20. The van der Waals surface area contributed by atoms with Gasteiger partial charge >= 0.3 is 17.8 Å². The molecule has 2 fully saturated rings. The van der Waals surface area contributed by atoms with Gasteiger partial charge in [-0.3, -0.25) is 24.1 Å². The Bertz CT molecular complexity index is 833. The van der Waals surface area contributed by atoms with Crippen LogP contribution >= 0.6 is 0 Å². The third kappa shape index (κ3) is 3.81. The van der Waals surface area contributed by atoms with Crippen LogP contribution in [-0.2, 0) is 14.4 Å². The van der Waals surface area contributed by atoms with E-state index in [0.29, 0.717) is 22.6 Å². The second-order valence-corrected chi connectivity index (χ2v) is 7.36. The molecular formula is C20H23N3O5. The van der Waals surface area contributed by atoms with Crippen molar-refractivity contribution in [2.45, 2.75) is 45.6 Å². The Balaban J connectivity index is 1.67. The number of rotatable bonds is 5. The average molecular weight is 385 g/mol. The van der Waals surface area contributed by atoms with Crippen LogP contribution in [0, 0.1) is 5.92 Å². The summed E-state index contributed by atoms with van der Waals surface area (Å²) in [6.45, 7) is 2.87. The fraction of sp³-hybridized carbons (Fsp3) is 0.450. The van der Waals surface area contributed by atoms with Crippen LogP contribution in [-0.4, -0.2) is 51.9 Å². The molecule has 2 aliphatic rings. The molecule has 1 N–H and O–H groups in total. The van der Waals surface area contributed by atoms with Crippen molar-refractivity contribution in [3.8, 4) is 0 Å². The van der Waals surface area contributed by atoms with Crippen LogP contribution in [0.3, 0.4) is 0 Å². The lowest BCUT2D eigenvalue weighted by Gasteiger charge is -2.34. The van der Waals surface area contributed by atoms with Crippen LogP contribution < -0.4 is 5.32 Å². The molecule has 1 saturated carbocycles. The van der Waals surface area contributed by atoms with Crippen molar-refractivity contribution in [1.29, 1.82) is 0 Å². The first-order chi connectivity index (χ1) is 13.3. The van der Waals surface area contributed by atoms with Gasteiger partial charge in [0.15, 0.2) is 5.78 Å². The highest BCUT2D eigenvalue weighted by Crippen LogP contribution is 2.31. The Hall–Kier alpha value is -3.03. The Morgan fingerprint density at radius 2 is 1.68 bits per heavy atom. The zero-order valence-corrected chi connectivity index (χ0v) is 15.9. The van der Waals surface area contributed by atoms with Gasteiger partial charge in [0.05, 0.1) is 0 Å². The molecule has 0 unspecified atom stereocenters. The van der Waals surface area contributed by atoms with E-state index in [2.05, 4.69) is 5.32 Å². The van der Waals surface area contributed by atoms with Crippen molar-refractivity contribution < 1.29 is 24.0 Å². The summed E-state index contributed by atoms with van der Waals surface area (Å²) in [4.78, 5) is 62.6. The largest absolute Gasteiger partial charge is 0.334 e. The summed E-state index contributed by atoms with van der Waals surface area (Å²) in [5.41, 5.74) is 0.934. The molecule has 1 aliphatic heterocycles. The number of carbonyl (C=O) groups is 5. The summed E-state index contributed by atoms with van der Waals surface area (Å²) >= 11 is 0. The third-order valence-electron chi connectivity index (χ3n) is 5.36. The van der Waals surface area contributed by atoms with Crippen molar-refractivity contribution in [1.82, 2.24) is 9.80 Å². The third-order valence-corrected chi connectivity index (χ3v) is 5.36. The molecule has 0 aromatic heterocycles. The first kappa shape index (κ1) is 19.7. The van der Waals surface area contributed by atoms with E-state index in [4.69, 9.17) is 0 Å². The van der Waals surface area contributed by atoms with Crippen molar-refractivity contribution in [2.75, 3.05) is 11.9 Å². The minimum Gasteiger partial charge on any atom is -0.325 e. The highest BCUT2D eigenvalue weighted by molar-refractivity contribution is 6.45. The first-order valence-electron chi connectivity index (χ1n) is 9.39. The Labute approximate surface area is 162 Å². The normalized spacial score (nSPS) is 22.6. The summed E-state index contributed by atoms with van der Waals surface area (Å²) in [6, 6.07) is 5.23. The maximum atomic E-state index is 12.7.